The van der Waals surface area contributed by atoms with Crippen molar-refractivity contribution in [3.8, 4) is 11.4 Å². The van der Waals surface area contributed by atoms with Crippen molar-refractivity contribution in [1.82, 2.24) is 8.96 Å². The Bertz CT molecular complexity index is 915. The highest BCUT2D eigenvalue weighted by molar-refractivity contribution is 7.90. The molecule has 3 rings (SSSR count). The molecule has 6 heteroatoms. The molecule has 0 saturated carbocycles. The van der Waals surface area contributed by atoms with Gasteiger partial charge in [-0.2, -0.15) is 0 Å². The maximum Gasteiger partial charge on any atom is 0.269 e. The Morgan fingerprint density at radius 2 is 1.82 bits per heavy atom. The van der Waals surface area contributed by atoms with Crippen molar-refractivity contribution in [2.45, 2.75) is 11.8 Å². The molecule has 3 aromatic rings. The standard InChI is InChI=1S/C16H13FN2O2S/c1-12-5-7-15(8-6-12)22(20,21)19-10-9-18-16(19)13-3-2-4-14(17)11-13/h2-11H,1H3. The van der Waals surface area contributed by atoms with Gasteiger partial charge in [0.25, 0.3) is 10.0 Å². The molecule has 2 aromatic carbocycles. The van der Waals surface area contributed by atoms with Crippen LogP contribution in [0.25, 0.3) is 11.4 Å². The summed E-state index contributed by atoms with van der Waals surface area (Å²) in [5, 5.41) is 0. The van der Waals surface area contributed by atoms with Gasteiger partial charge in [0, 0.05) is 18.0 Å². The van der Waals surface area contributed by atoms with Crippen molar-refractivity contribution < 1.29 is 12.8 Å². The van der Waals surface area contributed by atoms with Crippen LogP contribution in [0.5, 0.6) is 0 Å². The third-order valence-electron chi connectivity index (χ3n) is 3.27. The summed E-state index contributed by atoms with van der Waals surface area (Å²) in [4.78, 5) is 4.21. The van der Waals surface area contributed by atoms with Crippen molar-refractivity contribution in [3.05, 3.63) is 72.3 Å². The van der Waals surface area contributed by atoms with Gasteiger partial charge in [-0.25, -0.2) is 21.8 Å². The van der Waals surface area contributed by atoms with E-state index in [0.717, 1.165) is 9.54 Å². The molecule has 112 valence electrons. The largest absolute Gasteiger partial charge is 0.269 e. The zero-order chi connectivity index (χ0) is 15.7. The van der Waals surface area contributed by atoms with E-state index >= 15 is 0 Å². The average molecular weight is 316 g/mol. The van der Waals surface area contributed by atoms with Crippen LogP contribution < -0.4 is 0 Å². The number of halogens is 1. The highest BCUT2D eigenvalue weighted by Gasteiger charge is 2.21. The summed E-state index contributed by atoms with van der Waals surface area (Å²) in [6, 6.07) is 12.2. The van der Waals surface area contributed by atoms with Crippen LogP contribution in [0.15, 0.2) is 65.8 Å². The van der Waals surface area contributed by atoms with Crippen LogP contribution in [-0.2, 0) is 10.0 Å². The van der Waals surface area contributed by atoms with E-state index < -0.39 is 15.8 Å². The fourth-order valence-electron chi connectivity index (χ4n) is 2.14. The summed E-state index contributed by atoms with van der Waals surface area (Å²) in [6.07, 6.45) is 2.74. The number of hydrogen-bond donors (Lipinski definition) is 0. The quantitative estimate of drug-likeness (QED) is 0.745. The Morgan fingerprint density at radius 3 is 2.50 bits per heavy atom. The maximum atomic E-state index is 13.4. The fraction of sp³-hybridized carbons (Fsp3) is 0.0625. The van der Waals surface area contributed by atoms with Crippen LogP contribution >= 0.6 is 0 Å². The SMILES string of the molecule is Cc1ccc(S(=O)(=O)n2ccnc2-c2cccc(F)c2)cc1. The molecule has 0 atom stereocenters. The summed E-state index contributed by atoms with van der Waals surface area (Å²) < 4.78 is 39.9. The van der Waals surface area contributed by atoms with Gasteiger partial charge in [0.1, 0.15) is 5.82 Å². The Kier molecular flexibility index (Phi) is 3.54. The second-order valence-corrected chi connectivity index (χ2v) is 6.69. The van der Waals surface area contributed by atoms with Crippen LogP contribution in [-0.4, -0.2) is 17.4 Å². The Balaban J connectivity index is 2.14. The van der Waals surface area contributed by atoms with Crippen LogP contribution in [0.4, 0.5) is 4.39 Å². The van der Waals surface area contributed by atoms with Crippen LogP contribution in [0.2, 0.25) is 0 Å². The molecule has 0 amide bonds. The first-order chi connectivity index (χ1) is 10.5. The third-order valence-corrected chi connectivity index (χ3v) is 4.95. The van der Waals surface area contributed by atoms with Gasteiger partial charge in [-0.3, -0.25) is 0 Å². The molecule has 1 aromatic heterocycles. The zero-order valence-electron chi connectivity index (χ0n) is 11.8. The third kappa shape index (κ3) is 2.53. The summed E-state index contributed by atoms with van der Waals surface area (Å²) in [7, 11) is -3.77. The minimum Gasteiger partial charge on any atom is -0.236 e. The van der Waals surface area contributed by atoms with E-state index in [9.17, 15) is 12.8 Å². The van der Waals surface area contributed by atoms with Gasteiger partial charge in [0.15, 0.2) is 5.82 Å². The molecule has 0 aliphatic rings. The number of rotatable bonds is 3. The summed E-state index contributed by atoms with van der Waals surface area (Å²) in [6.45, 7) is 1.88. The number of nitrogens with zero attached hydrogens (tertiary/aromatic N) is 2. The van der Waals surface area contributed by atoms with E-state index in [1.165, 1.54) is 30.6 Å². The first-order valence-corrected chi connectivity index (χ1v) is 8.04. The Hall–Kier alpha value is -2.47. The molecular formula is C16H13FN2O2S. The van der Waals surface area contributed by atoms with Crippen LogP contribution in [0.1, 0.15) is 5.56 Å². The van der Waals surface area contributed by atoms with Gasteiger partial charge in [0.2, 0.25) is 0 Å². The number of hydrogen-bond acceptors (Lipinski definition) is 3. The van der Waals surface area contributed by atoms with E-state index in [1.807, 2.05) is 6.92 Å². The molecule has 0 fully saturated rings. The normalized spacial score (nSPS) is 11.5. The summed E-state index contributed by atoms with van der Waals surface area (Å²) >= 11 is 0. The lowest BCUT2D eigenvalue weighted by Gasteiger charge is -2.09. The smallest absolute Gasteiger partial charge is 0.236 e. The van der Waals surface area contributed by atoms with Gasteiger partial charge < -0.3 is 0 Å². The van der Waals surface area contributed by atoms with Gasteiger partial charge in [-0.05, 0) is 31.2 Å². The van der Waals surface area contributed by atoms with Gasteiger partial charge in [-0.1, -0.05) is 29.8 Å². The van der Waals surface area contributed by atoms with E-state index in [1.54, 1.807) is 30.3 Å². The lowest BCUT2D eigenvalue weighted by Crippen LogP contribution is -2.13. The Morgan fingerprint density at radius 1 is 1.09 bits per heavy atom. The molecule has 4 nitrogen and oxygen atoms in total. The number of imidazole rings is 1. The predicted octanol–water partition coefficient (Wildman–Crippen LogP) is 3.23. The molecular weight excluding hydrogens is 303 g/mol. The molecule has 0 bridgehead atoms. The van der Waals surface area contributed by atoms with E-state index in [2.05, 4.69) is 4.98 Å². The van der Waals surface area contributed by atoms with Gasteiger partial charge >= 0.3 is 0 Å². The zero-order valence-corrected chi connectivity index (χ0v) is 12.6. The minimum absolute atomic E-state index is 0.161. The molecule has 0 N–H and O–H groups in total. The molecule has 1 heterocycles. The fourth-order valence-corrected chi connectivity index (χ4v) is 3.44. The van der Waals surface area contributed by atoms with Crippen molar-refractivity contribution >= 4 is 10.0 Å². The van der Waals surface area contributed by atoms with Crippen molar-refractivity contribution in [3.63, 3.8) is 0 Å². The molecule has 0 aliphatic carbocycles. The van der Waals surface area contributed by atoms with Crippen molar-refractivity contribution in [2.24, 2.45) is 0 Å². The molecule has 0 unspecified atom stereocenters. The van der Waals surface area contributed by atoms with E-state index in [0.29, 0.717) is 5.56 Å². The van der Waals surface area contributed by atoms with Crippen molar-refractivity contribution in [2.75, 3.05) is 0 Å². The summed E-state index contributed by atoms with van der Waals surface area (Å²) in [5.74, 6) is -0.264. The van der Waals surface area contributed by atoms with E-state index in [4.69, 9.17) is 0 Å². The average Bonchev–Trinajstić information content (AvgIpc) is 2.98. The van der Waals surface area contributed by atoms with E-state index in [-0.39, 0.29) is 10.7 Å². The lowest BCUT2D eigenvalue weighted by molar-refractivity contribution is 0.587. The lowest BCUT2D eigenvalue weighted by atomic mass is 10.2. The first kappa shape index (κ1) is 14.5. The van der Waals surface area contributed by atoms with Crippen LogP contribution in [0, 0.1) is 12.7 Å². The van der Waals surface area contributed by atoms with Gasteiger partial charge in [0.05, 0.1) is 4.90 Å². The molecule has 22 heavy (non-hydrogen) atoms. The molecule has 0 radical (unpaired) electrons. The maximum absolute atomic E-state index is 13.4. The second-order valence-electron chi connectivity index (χ2n) is 4.88. The summed E-state index contributed by atoms with van der Waals surface area (Å²) in [5.41, 5.74) is 1.37. The van der Waals surface area contributed by atoms with Gasteiger partial charge in [-0.15, -0.1) is 0 Å². The topological polar surface area (TPSA) is 52.0 Å². The predicted molar refractivity (Wildman–Crippen MR) is 81.4 cm³/mol. The molecule has 0 saturated heterocycles. The monoisotopic (exact) mass is 316 g/mol. The Labute approximate surface area is 127 Å². The van der Waals surface area contributed by atoms with Crippen molar-refractivity contribution in [1.29, 1.82) is 0 Å². The molecule has 0 aliphatic heterocycles. The first-order valence-electron chi connectivity index (χ1n) is 6.60. The highest BCUT2D eigenvalue weighted by Crippen LogP contribution is 2.23. The highest BCUT2D eigenvalue weighted by atomic mass is 32.2. The number of benzene rings is 2. The minimum atomic E-state index is -3.77. The number of aromatic nitrogens is 2. The number of aryl methyl sites for hydroxylation is 1. The molecule has 0 spiro atoms. The second kappa shape index (κ2) is 5.38. The van der Waals surface area contributed by atoms with Crippen LogP contribution in [0.3, 0.4) is 0 Å².